The highest BCUT2D eigenvalue weighted by Crippen LogP contribution is 2.38. The maximum Gasteiger partial charge on any atom is 0.241 e. The molecule has 0 amide bonds. The number of benzene rings is 1. The fraction of sp³-hybridized carbons (Fsp3) is 0.600. The van der Waals surface area contributed by atoms with E-state index < -0.39 is 31.0 Å². The van der Waals surface area contributed by atoms with Crippen LogP contribution in [0, 0.1) is 5.92 Å². The van der Waals surface area contributed by atoms with Gasteiger partial charge in [-0.1, -0.05) is 57.7 Å². The Morgan fingerprint density at radius 1 is 0.971 bits per heavy atom. The lowest BCUT2D eigenvalue weighted by atomic mass is 9.85. The van der Waals surface area contributed by atoms with Gasteiger partial charge in [-0.2, -0.15) is 0 Å². The Hall–Kier alpha value is -1.39. The van der Waals surface area contributed by atoms with Crippen molar-refractivity contribution >= 4 is 31.6 Å². The van der Waals surface area contributed by atoms with Crippen molar-refractivity contribution in [2.75, 3.05) is 0 Å². The second-order valence-corrected chi connectivity index (χ2v) is 15.2. The Bertz CT molecular complexity index is 1300. The zero-order valence-electron chi connectivity index (χ0n) is 21.5. The molecule has 196 valence electrons. The largest absolute Gasteiger partial charge is 0.330 e. The Morgan fingerprint density at radius 3 is 2.09 bits per heavy atom. The summed E-state index contributed by atoms with van der Waals surface area (Å²) in [7, 11) is -7.82. The molecule has 0 spiro atoms. The van der Waals surface area contributed by atoms with Gasteiger partial charge in [0, 0.05) is 12.1 Å². The molecule has 7 nitrogen and oxygen atoms in total. The average molecular weight is 544 g/mol. The molecule has 1 fully saturated rings. The summed E-state index contributed by atoms with van der Waals surface area (Å²) in [5.41, 5.74) is 0.801. The Morgan fingerprint density at radius 2 is 1.57 bits per heavy atom. The van der Waals surface area contributed by atoms with Crippen molar-refractivity contribution in [2.24, 2.45) is 11.1 Å². The first kappa shape index (κ1) is 28.2. The van der Waals surface area contributed by atoms with Crippen LogP contribution in [-0.2, 0) is 32.0 Å². The van der Waals surface area contributed by atoms with Gasteiger partial charge in [0.05, 0.1) is 10.6 Å². The predicted octanol–water partition coefficient (Wildman–Crippen LogP) is 5.41. The van der Waals surface area contributed by atoms with E-state index in [-0.39, 0.29) is 14.9 Å². The topological polar surface area (TPSA) is 111 Å². The highest BCUT2D eigenvalue weighted by atomic mass is 35.5. The van der Waals surface area contributed by atoms with E-state index in [1.807, 2.05) is 31.4 Å². The Kier molecular flexibility index (Phi) is 7.91. The molecule has 0 aliphatic heterocycles. The zero-order valence-corrected chi connectivity index (χ0v) is 23.9. The number of nitrogens with two attached hydrogens (primary N) is 1. The standard InChI is InChI=1S/C25H38ClN3O4S2/c1-24(2,3)19-14-18(12-13-21(19)35(32,33)28-25(4,5)6)20-15-22(34(27,30)31)23(26)29(20)16-17-10-8-7-9-11-17/h12-15,17,28H,7-11,16H2,1-6H3,(H2,27,30,31). The highest BCUT2D eigenvalue weighted by Gasteiger charge is 2.31. The number of rotatable bonds is 6. The molecule has 1 aliphatic carbocycles. The summed E-state index contributed by atoms with van der Waals surface area (Å²) in [6.45, 7) is 11.8. The molecule has 1 aromatic heterocycles. The van der Waals surface area contributed by atoms with Crippen molar-refractivity contribution in [1.29, 1.82) is 0 Å². The first-order valence-corrected chi connectivity index (χ1v) is 15.4. The second-order valence-electron chi connectivity index (χ2n) is 11.7. The Labute approximate surface area is 215 Å². The fourth-order valence-electron chi connectivity index (χ4n) is 4.71. The van der Waals surface area contributed by atoms with Gasteiger partial charge >= 0.3 is 0 Å². The third-order valence-electron chi connectivity index (χ3n) is 6.28. The minimum atomic E-state index is -4.03. The average Bonchev–Trinajstić information content (AvgIpc) is 3.02. The van der Waals surface area contributed by atoms with Crippen LogP contribution < -0.4 is 9.86 Å². The molecule has 35 heavy (non-hydrogen) atoms. The van der Waals surface area contributed by atoms with E-state index in [0.717, 1.165) is 25.7 Å². The second kappa shape index (κ2) is 9.82. The molecular formula is C25H38ClN3O4S2. The molecule has 0 saturated heterocycles. The molecule has 1 heterocycles. The molecule has 1 saturated carbocycles. The molecule has 3 rings (SSSR count). The summed E-state index contributed by atoms with van der Waals surface area (Å²) in [4.78, 5) is 0.0835. The van der Waals surface area contributed by atoms with Gasteiger partial charge in [0.25, 0.3) is 0 Å². The van der Waals surface area contributed by atoms with Crippen molar-refractivity contribution in [2.45, 2.75) is 101 Å². The number of nitrogens with zero attached hydrogens (tertiary/aromatic N) is 1. The van der Waals surface area contributed by atoms with E-state index in [2.05, 4.69) is 4.72 Å². The van der Waals surface area contributed by atoms with E-state index in [1.54, 1.807) is 32.9 Å². The maximum atomic E-state index is 13.2. The van der Waals surface area contributed by atoms with Crippen LogP contribution >= 0.6 is 11.6 Å². The van der Waals surface area contributed by atoms with Gasteiger partial charge in [-0.3, -0.25) is 0 Å². The molecule has 1 aromatic carbocycles. The van der Waals surface area contributed by atoms with Gasteiger partial charge in [-0.25, -0.2) is 26.7 Å². The number of nitrogens with one attached hydrogen (secondary N) is 1. The molecule has 10 heteroatoms. The van der Waals surface area contributed by atoms with Crippen LogP contribution in [0.5, 0.6) is 0 Å². The van der Waals surface area contributed by atoms with Gasteiger partial charge in [0.1, 0.15) is 10.0 Å². The van der Waals surface area contributed by atoms with Crippen LogP contribution in [-0.4, -0.2) is 26.9 Å². The molecule has 3 N–H and O–H groups in total. The van der Waals surface area contributed by atoms with Crippen LogP contribution in [0.3, 0.4) is 0 Å². The third kappa shape index (κ3) is 6.68. The molecule has 1 aliphatic rings. The summed E-state index contributed by atoms with van der Waals surface area (Å²) in [5.74, 6) is 0.387. The van der Waals surface area contributed by atoms with Gasteiger partial charge in [-0.05, 0) is 74.3 Å². The van der Waals surface area contributed by atoms with Crippen LogP contribution in [0.2, 0.25) is 5.15 Å². The minimum Gasteiger partial charge on any atom is -0.330 e. The summed E-state index contributed by atoms with van der Waals surface area (Å²) >= 11 is 6.59. The first-order valence-electron chi connectivity index (χ1n) is 12.0. The molecule has 2 aromatic rings. The predicted molar refractivity (Wildman–Crippen MR) is 142 cm³/mol. The van der Waals surface area contributed by atoms with Crippen LogP contribution in [0.15, 0.2) is 34.1 Å². The number of primary sulfonamides is 1. The monoisotopic (exact) mass is 543 g/mol. The van der Waals surface area contributed by atoms with Crippen molar-refractivity contribution in [3.05, 3.63) is 35.0 Å². The molecule has 0 radical (unpaired) electrons. The van der Waals surface area contributed by atoms with Crippen molar-refractivity contribution in [3.8, 4) is 11.3 Å². The van der Waals surface area contributed by atoms with E-state index in [9.17, 15) is 16.8 Å². The first-order chi connectivity index (χ1) is 15.9. The third-order valence-corrected chi connectivity index (χ3v) is 9.54. The minimum absolute atomic E-state index is 0.0940. The molecule has 0 bridgehead atoms. The number of sulfonamides is 2. The molecule has 0 unspecified atom stereocenters. The molecular weight excluding hydrogens is 506 g/mol. The lowest BCUT2D eigenvalue weighted by Gasteiger charge is -2.27. The molecule has 0 atom stereocenters. The number of hydrogen-bond acceptors (Lipinski definition) is 4. The van der Waals surface area contributed by atoms with E-state index in [4.69, 9.17) is 16.7 Å². The maximum absolute atomic E-state index is 13.2. The summed E-state index contributed by atoms with van der Waals surface area (Å²) in [6.07, 6.45) is 5.60. The number of halogens is 1. The van der Waals surface area contributed by atoms with Gasteiger partial charge < -0.3 is 4.57 Å². The zero-order chi connectivity index (χ0) is 26.4. The van der Waals surface area contributed by atoms with Crippen LogP contribution in [0.4, 0.5) is 0 Å². The Balaban J connectivity index is 2.20. The lowest BCUT2D eigenvalue weighted by molar-refractivity contribution is 0.320. The quantitative estimate of drug-likeness (QED) is 0.507. The SMILES string of the molecule is CC(C)(C)NS(=O)(=O)c1ccc(-c2cc(S(N)(=O)=O)c(Cl)n2CC2CCCCC2)cc1C(C)(C)C. The smallest absolute Gasteiger partial charge is 0.241 e. The summed E-state index contributed by atoms with van der Waals surface area (Å²) < 4.78 is 55.6. The van der Waals surface area contributed by atoms with E-state index >= 15 is 0 Å². The highest BCUT2D eigenvalue weighted by molar-refractivity contribution is 7.89. The van der Waals surface area contributed by atoms with Crippen molar-refractivity contribution in [1.82, 2.24) is 9.29 Å². The van der Waals surface area contributed by atoms with E-state index in [0.29, 0.717) is 29.3 Å². The fourth-order valence-corrected chi connectivity index (χ4v) is 7.69. The van der Waals surface area contributed by atoms with Crippen LogP contribution in [0.1, 0.15) is 79.2 Å². The van der Waals surface area contributed by atoms with E-state index in [1.165, 1.54) is 12.5 Å². The lowest BCUT2D eigenvalue weighted by Crippen LogP contribution is -2.41. The van der Waals surface area contributed by atoms with Crippen molar-refractivity contribution in [3.63, 3.8) is 0 Å². The van der Waals surface area contributed by atoms with Crippen LogP contribution in [0.25, 0.3) is 11.3 Å². The number of aromatic nitrogens is 1. The van der Waals surface area contributed by atoms with Crippen molar-refractivity contribution < 1.29 is 16.8 Å². The van der Waals surface area contributed by atoms with Gasteiger partial charge in [0.2, 0.25) is 20.0 Å². The van der Waals surface area contributed by atoms with Gasteiger partial charge in [0.15, 0.2) is 0 Å². The number of hydrogen-bond donors (Lipinski definition) is 2. The summed E-state index contributed by atoms with van der Waals surface area (Å²) in [5, 5.41) is 5.57. The normalized spacial score (nSPS) is 16.6. The van der Waals surface area contributed by atoms with Gasteiger partial charge in [-0.15, -0.1) is 0 Å². The summed E-state index contributed by atoms with van der Waals surface area (Å²) in [6, 6.07) is 6.63.